The topological polar surface area (TPSA) is 56.7 Å². The fourth-order valence-corrected chi connectivity index (χ4v) is 8.74. The standard InChI is InChI=1S/C49H28N4O/c1-2-14-30(15-3-1)47-50-48(34-20-6-10-26-40(34)53-38-24-8-4-18-31(38)32-19-5-9-25-39(32)53)52-49(51-47)46-44-36-23-13-17-29-16-12-22-33(43(29)36)37(44)28-42-45(46)35-21-7-11-27-41(35)54-42/h1-28H. The predicted octanol–water partition coefficient (Wildman–Crippen LogP) is 12.7. The molecule has 0 unspecified atom stereocenters. The van der Waals surface area contributed by atoms with Gasteiger partial charge in [-0.1, -0.05) is 133 Å². The summed E-state index contributed by atoms with van der Waals surface area (Å²) in [6, 6.07) is 59.4. The van der Waals surface area contributed by atoms with E-state index < -0.39 is 0 Å². The van der Waals surface area contributed by atoms with Gasteiger partial charge in [0.05, 0.1) is 16.7 Å². The van der Waals surface area contributed by atoms with Gasteiger partial charge < -0.3 is 8.98 Å². The molecule has 5 heteroatoms. The van der Waals surface area contributed by atoms with Crippen LogP contribution in [0.3, 0.4) is 0 Å². The Morgan fingerprint density at radius 1 is 0.389 bits per heavy atom. The van der Waals surface area contributed by atoms with Gasteiger partial charge in [-0.25, -0.2) is 15.0 Å². The van der Waals surface area contributed by atoms with Crippen LogP contribution < -0.4 is 0 Å². The maximum atomic E-state index is 6.64. The molecule has 5 nitrogen and oxygen atoms in total. The first-order valence-electron chi connectivity index (χ1n) is 18.2. The molecule has 0 N–H and O–H groups in total. The van der Waals surface area contributed by atoms with E-state index in [1.807, 2.05) is 30.3 Å². The van der Waals surface area contributed by atoms with Crippen molar-refractivity contribution in [3.63, 3.8) is 0 Å². The van der Waals surface area contributed by atoms with Crippen molar-refractivity contribution in [2.45, 2.75) is 0 Å². The third kappa shape index (κ3) is 4.06. The van der Waals surface area contributed by atoms with Crippen molar-refractivity contribution >= 4 is 54.5 Å². The molecular weight excluding hydrogens is 661 g/mol. The summed E-state index contributed by atoms with van der Waals surface area (Å²) in [6.07, 6.45) is 0. The van der Waals surface area contributed by atoms with Crippen molar-refractivity contribution in [2.75, 3.05) is 0 Å². The Kier molecular flexibility index (Phi) is 5.99. The van der Waals surface area contributed by atoms with Gasteiger partial charge in [-0.15, -0.1) is 0 Å². The molecule has 0 radical (unpaired) electrons. The van der Waals surface area contributed by atoms with Gasteiger partial charge in [0.25, 0.3) is 0 Å². The SMILES string of the molecule is c1ccc(-c2nc(-c3ccccc3-n3c4ccccc4c4ccccc43)nc(-c3c4c(cc5oc6ccccc6c35)-c3cccc5cccc-4c35)n2)cc1. The largest absolute Gasteiger partial charge is 0.456 e. The van der Waals surface area contributed by atoms with Gasteiger partial charge in [0.1, 0.15) is 11.2 Å². The minimum absolute atomic E-state index is 0.601. The first-order chi connectivity index (χ1) is 26.8. The molecule has 11 aromatic rings. The second-order valence-electron chi connectivity index (χ2n) is 13.9. The normalized spacial score (nSPS) is 12.1. The highest BCUT2D eigenvalue weighted by molar-refractivity contribution is 6.25. The second-order valence-corrected chi connectivity index (χ2v) is 13.9. The number of benzene rings is 8. The molecule has 54 heavy (non-hydrogen) atoms. The van der Waals surface area contributed by atoms with Gasteiger partial charge in [-0.3, -0.25) is 0 Å². The number of hydrogen-bond acceptors (Lipinski definition) is 4. The van der Waals surface area contributed by atoms with Crippen LogP contribution in [0.5, 0.6) is 0 Å². The maximum absolute atomic E-state index is 6.64. The van der Waals surface area contributed by atoms with Crippen LogP contribution >= 0.6 is 0 Å². The van der Waals surface area contributed by atoms with E-state index in [0.717, 1.165) is 66.5 Å². The molecule has 0 fully saturated rings. The lowest BCUT2D eigenvalue weighted by Gasteiger charge is -2.16. The fraction of sp³-hybridized carbons (Fsp3) is 0. The lowest BCUT2D eigenvalue weighted by molar-refractivity contribution is 0.669. The number of aromatic nitrogens is 4. The van der Waals surface area contributed by atoms with Crippen molar-refractivity contribution in [3.8, 4) is 62.1 Å². The molecule has 0 bridgehead atoms. The summed E-state index contributed by atoms with van der Waals surface area (Å²) in [5.74, 6) is 1.82. The number of fused-ring (bicyclic) bond motifs is 9. The van der Waals surface area contributed by atoms with Gasteiger partial charge in [0.2, 0.25) is 0 Å². The Hall–Kier alpha value is -7.37. The van der Waals surface area contributed by atoms with Crippen LogP contribution in [0, 0.1) is 0 Å². The molecule has 8 aromatic carbocycles. The molecule has 3 heterocycles. The molecule has 0 spiro atoms. The lowest BCUT2D eigenvalue weighted by Crippen LogP contribution is -2.04. The number of hydrogen-bond donors (Lipinski definition) is 0. The lowest BCUT2D eigenvalue weighted by atomic mass is 9.93. The number of para-hydroxylation sites is 4. The highest BCUT2D eigenvalue weighted by atomic mass is 16.3. The van der Waals surface area contributed by atoms with E-state index in [9.17, 15) is 0 Å². The summed E-state index contributed by atoms with van der Waals surface area (Å²) in [4.78, 5) is 16.1. The number of nitrogens with zero attached hydrogens (tertiary/aromatic N) is 4. The van der Waals surface area contributed by atoms with Crippen molar-refractivity contribution in [1.29, 1.82) is 0 Å². The van der Waals surface area contributed by atoms with E-state index in [2.05, 4.69) is 144 Å². The molecule has 250 valence electrons. The molecule has 0 aliphatic heterocycles. The Morgan fingerprint density at radius 3 is 1.80 bits per heavy atom. The molecule has 0 saturated carbocycles. The van der Waals surface area contributed by atoms with Crippen molar-refractivity contribution in [1.82, 2.24) is 19.5 Å². The number of rotatable bonds is 4. The zero-order chi connectivity index (χ0) is 35.3. The average molecular weight is 689 g/mol. The minimum atomic E-state index is 0.601. The molecular formula is C49H28N4O. The van der Waals surface area contributed by atoms with E-state index in [0.29, 0.717) is 17.5 Å². The Morgan fingerprint density at radius 2 is 1.00 bits per heavy atom. The summed E-state index contributed by atoms with van der Waals surface area (Å²) < 4.78 is 8.98. The minimum Gasteiger partial charge on any atom is -0.456 e. The van der Waals surface area contributed by atoms with Gasteiger partial charge in [-0.2, -0.15) is 0 Å². The maximum Gasteiger partial charge on any atom is 0.166 e. The second kappa shape index (κ2) is 11.1. The first kappa shape index (κ1) is 29.2. The van der Waals surface area contributed by atoms with Crippen LogP contribution in [0.2, 0.25) is 0 Å². The Labute approximate surface area is 309 Å². The summed E-state index contributed by atoms with van der Waals surface area (Å²) in [7, 11) is 0. The van der Waals surface area contributed by atoms with E-state index in [-0.39, 0.29) is 0 Å². The van der Waals surface area contributed by atoms with Gasteiger partial charge in [0, 0.05) is 43.8 Å². The van der Waals surface area contributed by atoms with Crippen LogP contribution in [0.15, 0.2) is 174 Å². The highest BCUT2D eigenvalue weighted by Crippen LogP contribution is 2.54. The van der Waals surface area contributed by atoms with Gasteiger partial charge in [-0.05, 0) is 63.9 Å². The third-order valence-electron chi connectivity index (χ3n) is 11.0. The van der Waals surface area contributed by atoms with E-state index in [1.54, 1.807) is 0 Å². The molecule has 0 amide bonds. The smallest absolute Gasteiger partial charge is 0.166 e. The Bertz CT molecular complexity index is 3280. The molecule has 3 aromatic heterocycles. The van der Waals surface area contributed by atoms with E-state index >= 15 is 0 Å². The first-order valence-corrected chi connectivity index (χ1v) is 18.2. The Balaban J connectivity index is 1.21. The van der Waals surface area contributed by atoms with Crippen LogP contribution in [0.4, 0.5) is 0 Å². The summed E-state index contributed by atoms with van der Waals surface area (Å²) in [5.41, 5.74) is 12.3. The molecule has 12 rings (SSSR count). The monoisotopic (exact) mass is 688 g/mol. The van der Waals surface area contributed by atoms with Crippen molar-refractivity contribution in [2.24, 2.45) is 0 Å². The quantitative estimate of drug-likeness (QED) is 0.185. The highest BCUT2D eigenvalue weighted by Gasteiger charge is 2.30. The fourth-order valence-electron chi connectivity index (χ4n) is 8.74. The van der Waals surface area contributed by atoms with Crippen LogP contribution in [-0.4, -0.2) is 19.5 Å². The van der Waals surface area contributed by atoms with Crippen LogP contribution in [0.1, 0.15) is 0 Å². The van der Waals surface area contributed by atoms with Gasteiger partial charge in [0.15, 0.2) is 17.5 Å². The third-order valence-corrected chi connectivity index (χ3v) is 11.0. The molecule has 1 aliphatic carbocycles. The van der Waals surface area contributed by atoms with Crippen LogP contribution in [0.25, 0.3) is 117 Å². The van der Waals surface area contributed by atoms with Gasteiger partial charge >= 0.3 is 0 Å². The zero-order valence-electron chi connectivity index (χ0n) is 28.9. The summed E-state index contributed by atoms with van der Waals surface area (Å²) >= 11 is 0. The zero-order valence-corrected chi connectivity index (χ0v) is 28.9. The number of furan rings is 1. The predicted molar refractivity (Wildman–Crippen MR) is 220 cm³/mol. The molecule has 1 aliphatic rings. The van der Waals surface area contributed by atoms with Crippen LogP contribution in [-0.2, 0) is 0 Å². The average Bonchev–Trinajstić information content (AvgIpc) is 3.89. The van der Waals surface area contributed by atoms with E-state index in [1.165, 1.54) is 32.7 Å². The molecule has 0 atom stereocenters. The molecule has 0 saturated heterocycles. The summed E-state index contributed by atoms with van der Waals surface area (Å²) in [5, 5.41) is 6.87. The van der Waals surface area contributed by atoms with Crippen molar-refractivity contribution in [3.05, 3.63) is 170 Å². The van der Waals surface area contributed by atoms with Crippen molar-refractivity contribution < 1.29 is 4.42 Å². The van der Waals surface area contributed by atoms with E-state index in [4.69, 9.17) is 19.4 Å². The summed E-state index contributed by atoms with van der Waals surface area (Å²) in [6.45, 7) is 0.